The molecule has 0 unspecified atom stereocenters. The van der Waals surface area contributed by atoms with E-state index in [0.29, 0.717) is 0 Å². The molecule has 0 N–H and O–H groups in total. The number of hydrogen-bond acceptors (Lipinski definition) is 2. The highest BCUT2D eigenvalue weighted by molar-refractivity contribution is 7.19. The Morgan fingerprint density at radius 3 is 1.48 bits per heavy atom. The van der Waals surface area contributed by atoms with Crippen LogP contribution in [0.2, 0.25) is 0 Å². The van der Waals surface area contributed by atoms with Gasteiger partial charge in [-0.05, 0) is 103 Å². The third-order valence-electron chi connectivity index (χ3n) is 13.7. The smallest absolute Gasteiger partial charge is 0.434 e. The van der Waals surface area contributed by atoms with Crippen LogP contribution >= 0.6 is 0 Å². The molecule has 0 fully saturated rings. The summed E-state index contributed by atoms with van der Waals surface area (Å²) in [5.41, 5.74) is 12.3. The quantitative estimate of drug-likeness (QED) is 0.118. The highest BCUT2D eigenvalue weighted by Crippen LogP contribution is 2.43. The number of rotatable bonds is 7. The van der Waals surface area contributed by atoms with E-state index in [1.807, 2.05) is 12.1 Å². The van der Waals surface area contributed by atoms with Crippen LogP contribution in [0.15, 0.2) is 243 Å². The summed E-state index contributed by atoms with van der Waals surface area (Å²) in [4.78, 5) is 0. The van der Waals surface area contributed by atoms with Crippen molar-refractivity contribution in [3.8, 4) is 56.3 Å². The van der Waals surface area contributed by atoms with Crippen LogP contribution in [0.25, 0.3) is 60.9 Å². The van der Waals surface area contributed by atoms with Crippen molar-refractivity contribution in [3.05, 3.63) is 243 Å². The lowest BCUT2D eigenvalue weighted by Gasteiger charge is -2.34. The standard InChI is InChI=1S/C60H40BNO2Si/c1-4-16-46(17-5-1)65(47-18-6-2-7-19-47,48-20-8-3-9-21-48)49-35-30-42(31-36-49)44-39-53-52-38-43(32-37-57(52)64-61-54-24-12-15-27-58(54)63-59(40-44)60(53)61)41-28-33-45(34-29-41)62-55-25-13-10-22-50(55)51-23-11-14-26-56(51)62/h1-40H. The lowest BCUT2D eigenvalue weighted by molar-refractivity contribution is 0.479. The minimum Gasteiger partial charge on any atom is -0.551 e. The fourth-order valence-electron chi connectivity index (χ4n) is 10.7. The molecule has 0 atom stereocenters. The maximum absolute atomic E-state index is 6.95. The van der Waals surface area contributed by atoms with E-state index >= 15 is 0 Å². The van der Waals surface area contributed by atoms with E-state index in [-0.39, 0.29) is 6.92 Å². The van der Waals surface area contributed by atoms with Crippen LogP contribution < -0.4 is 41.1 Å². The van der Waals surface area contributed by atoms with Gasteiger partial charge in [-0.2, -0.15) is 0 Å². The predicted molar refractivity (Wildman–Crippen MR) is 273 cm³/mol. The molecule has 3 nitrogen and oxygen atoms in total. The number of aromatic nitrogens is 1. The second-order valence-corrected chi connectivity index (χ2v) is 20.9. The molecule has 10 aromatic carbocycles. The van der Waals surface area contributed by atoms with Crippen LogP contribution in [0.4, 0.5) is 0 Å². The maximum Gasteiger partial charge on any atom is 0.434 e. The van der Waals surface area contributed by atoms with Crippen LogP contribution in [0.1, 0.15) is 0 Å². The molecule has 0 radical (unpaired) electrons. The molecule has 0 spiro atoms. The monoisotopic (exact) mass is 845 g/mol. The normalized spacial score (nSPS) is 12.5. The highest BCUT2D eigenvalue weighted by atomic mass is 28.3. The molecule has 0 saturated heterocycles. The average molecular weight is 846 g/mol. The van der Waals surface area contributed by atoms with Crippen molar-refractivity contribution in [3.63, 3.8) is 0 Å². The first-order valence-corrected chi connectivity index (χ1v) is 24.3. The van der Waals surface area contributed by atoms with Gasteiger partial charge in [0.2, 0.25) is 0 Å². The van der Waals surface area contributed by atoms with Gasteiger partial charge in [0.25, 0.3) is 0 Å². The van der Waals surface area contributed by atoms with Gasteiger partial charge in [-0.15, -0.1) is 0 Å². The average Bonchev–Trinajstić information content (AvgIpc) is 3.72. The molecule has 11 aromatic rings. The molecule has 0 amide bonds. The number of nitrogens with zero attached hydrogens (tertiary/aromatic N) is 1. The molecular weight excluding hydrogens is 806 g/mol. The lowest BCUT2D eigenvalue weighted by Crippen LogP contribution is -2.74. The molecule has 2 aliphatic heterocycles. The minimum atomic E-state index is -2.68. The fourth-order valence-corrected chi connectivity index (χ4v) is 15.4. The first-order valence-electron chi connectivity index (χ1n) is 22.3. The molecule has 13 rings (SSSR count). The number of fused-ring (bicyclic) bond motifs is 7. The molecule has 2 aliphatic rings. The molecule has 0 saturated carbocycles. The second kappa shape index (κ2) is 15.0. The van der Waals surface area contributed by atoms with Crippen LogP contribution in [0.5, 0.6) is 17.2 Å². The van der Waals surface area contributed by atoms with E-state index in [4.69, 9.17) is 9.39 Å². The van der Waals surface area contributed by atoms with Gasteiger partial charge in [-0.1, -0.05) is 188 Å². The van der Waals surface area contributed by atoms with E-state index in [2.05, 4.69) is 235 Å². The third kappa shape index (κ3) is 5.90. The summed E-state index contributed by atoms with van der Waals surface area (Å²) in [7, 11) is -2.68. The first-order chi connectivity index (χ1) is 32.2. The van der Waals surface area contributed by atoms with Crippen molar-refractivity contribution >= 4 is 68.5 Å². The molecule has 1 aromatic heterocycles. The number of ether oxygens (including phenoxy) is 1. The van der Waals surface area contributed by atoms with Crippen molar-refractivity contribution in [1.29, 1.82) is 0 Å². The molecule has 3 heterocycles. The zero-order valence-electron chi connectivity index (χ0n) is 35.4. The van der Waals surface area contributed by atoms with Crippen molar-refractivity contribution in [2.75, 3.05) is 0 Å². The van der Waals surface area contributed by atoms with Crippen LogP contribution in [-0.4, -0.2) is 19.6 Å². The van der Waals surface area contributed by atoms with E-state index in [1.54, 1.807) is 0 Å². The Labute approximate surface area is 379 Å². The van der Waals surface area contributed by atoms with Gasteiger partial charge in [-0.3, -0.25) is 0 Å². The van der Waals surface area contributed by atoms with Gasteiger partial charge in [0.05, 0.1) is 11.0 Å². The van der Waals surface area contributed by atoms with Crippen molar-refractivity contribution in [2.24, 2.45) is 0 Å². The summed E-state index contributed by atoms with van der Waals surface area (Å²) in [5.74, 6) is 2.53. The zero-order chi connectivity index (χ0) is 42.9. The molecule has 5 heteroatoms. The number of hydrogen-bond donors (Lipinski definition) is 0. The van der Waals surface area contributed by atoms with Gasteiger partial charge < -0.3 is 14.0 Å². The maximum atomic E-state index is 6.95. The van der Waals surface area contributed by atoms with Crippen molar-refractivity contribution in [2.45, 2.75) is 0 Å². The summed E-state index contributed by atoms with van der Waals surface area (Å²) < 4.78 is 16.1. The SMILES string of the molecule is c1ccc([Si](c2ccccc2)(c2ccccc2)c2ccc(-c3cc4c5c(c3)-c3cc(-c6ccc(-n7c8ccccc8c8ccccc87)cc6)ccc3OB5c3ccccc3O4)cc2)cc1. The second-order valence-electron chi connectivity index (χ2n) is 17.1. The number of para-hydroxylation sites is 3. The molecule has 0 bridgehead atoms. The Morgan fingerprint density at radius 2 is 0.846 bits per heavy atom. The largest absolute Gasteiger partial charge is 0.551 e. The summed E-state index contributed by atoms with van der Waals surface area (Å²) in [6, 6.07) is 88.4. The van der Waals surface area contributed by atoms with Gasteiger partial charge in [-0.25, -0.2) is 0 Å². The molecule has 304 valence electrons. The summed E-state index contributed by atoms with van der Waals surface area (Å²) >= 11 is 0. The van der Waals surface area contributed by atoms with E-state index in [0.717, 1.165) is 67.2 Å². The summed E-state index contributed by atoms with van der Waals surface area (Å²) in [5, 5.41) is 7.92. The molecule has 65 heavy (non-hydrogen) atoms. The Kier molecular flexibility index (Phi) is 8.65. The van der Waals surface area contributed by atoms with Crippen LogP contribution in [0.3, 0.4) is 0 Å². The number of benzene rings is 10. The van der Waals surface area contributed by atoms with E-state index < -0.39 is 8.07 Å². The van der Waals surface area contributed by atoms with E-state index in [9.17, 15) is 0 Å². The van der Waals surface area contributed by atoms with Gasteiger partial charge in [0, 0.05) is 32.9 Å². The topological polar surface area (TPSA) is 23.4 Å². The van der Waals surface area contributed by atoms with Crippen LogP contribution in [-0.2, 0) is 0 Å². The fraction of sp³-hybridized carbons (Fsp3) is 0. The zero-order valence-corrected chi connectivity index (χ0v) is 36.4. The Hall–Kier alpha value is -8.12. The van der Waals surface area contributed by atoms with Crippen molar-refractivity contribution < 1.29 is 9.39 Å². The Balaban J connectivity index is 0.932. The Bertz CT molecular complexity index is 3440. The van der Waals surface area contributed by atoms with E-state index in [1.165, 1.54) is 42.6 Å². The van der Waals surface area contributed by atoms with Crippen LogP contribution in [0, 0.1) is 0 Å². The minimum absolute atomic E-state index is 0.278. The first kappa shape index (κ1) is 37.4. The summed E-state index contributed by atoms with van der Waals surface area (Å²) in [6.07, 6.45) is 0. The van der Waals surface area contributed by atoms with Gasteiger partial charge >= 0.3 is 6.92 Å². The Morgan fingerprint density at radius 1 is 0.354 bits per heavy atom. The van der Waals surface area contributed by atoms with Gasteiger partial charge in [0.15, 0.2) is 8.07 Å². The third-order valence-corrected chi connectivity index (χ3v) is 18.4. The lowest BCUT2D eigenvalue weighted by atomic mass is 9.50. The highest BCUT2D eigenvalue weighted by Gasteiger charge is 2.43. The van der Waals surface area contributed by atoms with Crippen molar-refractivity contribution in [1.82, 2.24) is 4.57 Å². The molecule has 0 aliphatic carbocycles. The predicted octanol–water partition coefficient (Wildman–Crippen LogP) is 10.8. The van der Waals surface area contributed by atoms with Gasteiger partial charge in [0.1, 0.15) is 17.2 Å². The molecular formula is C60H40BNO2Si. The summed E-state index contributed by atoms with van der Waals surface area (Å²) in [6.45, 7) is -0.278.